The van der Waals surface area contributed by atoms with E-state index >= 15 is 0 Å². The van der Waals surface area contributed by atoms with Gasteiger partial charge in [-0.25, -0.2) is 9.59 Å². The highest BCUT2D eigenvalue weighted by atomic mass is 16.6. The fourth-order valence-electron chi connectivity index (χ4n) is 3.23. The molecule has 3 heterocycles. The number of rotatable bonds is 3. The molecule has 23 heavy (non-hydrogen) atoms. The number of aromatic amines is 1. The van der Waals surface area contributed by atoms with E-state index in [-0.39, 0.29) is 23.7 Å². The summed E-state index contributed by atoms with van der Waals surface area (Å²) in [5, 5.41) is 0. The number of aryl methyl sites for hydroxylation is 2. The van der Waals surface area contributed by atoms with Crippen LogP contribution in [0.2, 0.25) is 0 Å². The third kappa shape index (κ3) is 3.06. The molecule has 2 aliphatic rings. The predicted octanol–water partition coefficient (Wildman–Crippen LogP) is -0.0177. The Balaban J connectivity index is 1.60. The van der Waals surface area contributed by atoms with Crippen molar-refractivity contribution in [3.05, 3.63) is 27.4 Å². The Labute approximate surface area is 133 Å². The van der Waals surface area contributed by atoms with Gasteiger partial charge in [-0.15, -0.1) is 0 Å². The highest BCUT2D eigenvalue weighted by Crippen LogP contribution is 2.19. The Bertz CT molecular complexity index is 673. The molecule has 1 aromatic rings. The Kier molecular flexibility index (Phi) is 4.06. The van der Waals surface area contributed by atoms with Gasteiger partial charge in [0.25, 0.3) is 0 Å². The quantitative estimate of drug-likeness (QED) is 0.844. The molecule has 0 spiro atoms. The third-order valence-corrected chi connectivity index (χ3v) is 4.51. The van der Waals surface area contributed by atoms with E-state index in [0.717, 1.165) is 11.3 Å². The van der Waals surface area contributed by atoms with Crippen LogP contribution in [0.4, 0.5) is 4.79 Å². The highest BCUT2D eigenvalue weighted by Gasteiger charge is 2.38. The number of nitrogens with zero attached hydrogens (tertiary/aromatic N) is 3. The molecule has 0 saturated carbocycles. The van der Waals surface area contributed by atoms with Crippen molar-refractivity contribution in [2.45, 2.75) is 32.7 Å². The number of carbonyl (C=O) groups excluding carboxylic acids is 2. The Morgan fingerprint density at radius 1 is 1.35 bits per heavy atom. The van der Waals surface area contributed by atoms with Gasteiger partial charge in [-0.3, -0.25) is 9.69 Å². The summed E-state index contributed by atoms with van der Waals surface area (Å²) >= 11 is 0. The van der Waals surface area contributed by atoms with Gasteiger partial charge in [-0.1, -0.05) is 0 Å². The lowest BCUT2D eigenvalue weighted by Gasteiger charge is -2.35. The molecule has 0 bridgehead atoms. The largest absolute Gasteiger partial charge is 0.447 e. The lowest BCUT2D eigenvalue weighted by molar-refractivity contribution is -0.133. The van der Waals surface area contributed by atoms with Crippen molar-refractivity contribution in [1.82, 2.24) is 19.8 Å². The summed E-state index contributed by atoms with van der Waals surface area (Å²) in [6.07, 6.45) is 0.616. The molecule has 2 amide bonds. The summed E-state index contributed by atoms with van der Waals surface area (Å²) in [4.78, 5) is 45.2. The number of nitrogens with one attached hydrogen (secondary N) is 1. The average molecular weight is 320 g/mol. The first-order valence-corrected chi connectivity index (χ1v) is 7.73. The third-order valence-electron chi connectivity index (χ3n) is 4.51. The SMILES string of the molecule is Cc1nc(=O)[nH]c(C)c1CCC(=O)N1CCN2C(=O)OC[C@H]2C1. The number of H-pyrrole nitrogens is 1. The zero-order valence-corrected chi connectivity index (χ0v) is 13.3. The normalized spacial score (nSPS) is 20.4. The smallest absolute Gasteiger partial charge is 0.410 e. The molecule has 2 fully saturated rings. The molecular formula is C15H20N4O4. The van der Waals surface area contributed by atoms with Crippen LogP contribution in [0.25, 0.3) is 0 Å². The molecule has 0 radical (unpaired) electrons. The first-order valence-electron chi connectivity index (χ1n) is 7.73. The molecule has 1 aromatic heterocycles. The predicted molar refractivity (Wildman–Crippen MR) is 81.1 cm³/mol. The van der Waals surface area contributed by atoms with E-state index in [1.54, 1.807) is 16.7 Å². The minimum Gasteiger partial charge on any atom is -0.447 e. The highest BCUT2D eigenvalue weighted by molar-refractivity contribution is 5.77. The molecular weight excluding hydrogens is 300 g/mol. The summed E-state index contributed by atoms with van der Waals surface area (Å²) in [5.41, 5.74) is 1.97. The second-order valence-corrected chi connectivity index (χ2v) is 5.99. The number of piperazine rings is 1. The molecule has 2 saturated heterocycles. The van der Waals surface area contributed by atoms with Gasteiger partial charge in [0, 0.05) is 37.4 Å². The van der Waals surface area contributed by atoms with E-state index in [4.69, 9.17) is 4.74 Å². The van der Waals surface area contributed by atoms with Crippen LogP contribution < -0.4 is 5.69 Å². The van der Waals surface area contributed by atoms with Crippen LogP contribution in [0.5, 0.6) is 0 Å². The number of cyclic esters (lactones) is 1. The summed E-state index contributed by atoms with van der Waals surface area (Å²) in [6, 6.07) is -0.0292. The fourth-order valence-corrected chi connectivity index (χ4v) is 3.23. The van der Waals surface area contributed by atoms with Gasteiger partial charge in [0.05, 0.1) is 6.04 Å². The molecule has 1 N–H and O–H groups in total. The molecule has 8 heteroatoms. The van der Waals surface area contributed by atoms with Gasteiger partial charge in [-0.2, -0.15) is 4.98 Å². The second-order valence-electron chi connectivity index (χ2n) is 5.99. The number of fused-ring (bicyclic) bond motifs is 1. The number of amides is 2. The second kappa shape index (κ2) is 6.02. The average Bonchev–Trinajstić information content (AvgIpc) is 2.87. The monoisotopic (exact) mass is 320 g/mol. The van der Waals surface area contributed by atoms with Gasteiger partial charge < -0.3 is 14.6 Å². The molecule has 8 nitrogen and oxygen atoms in total. The molecule has 0 aliphatic carbocycles. The summed E-state index contributed by atoms with van der Waals surface area (Å²) < 4.78 is 5.01. The number of carbonyl (C=O) groups is 2. The maximum absolute atomic E-state index is 12.4. The van der Waals surface area contributed by atoms with Crippen molar-refractivity contribution in [1.29, 1.82) is 0 Å². The summed E-state index contributed by atoms with van der Waals surface area (Å²) in [6.45, 7) is 5.52. The van der Waals surface area contributed by atoms with Crippen molar-refractivity contribution in [2.75, 3.05) is 26.2 Å². The summed E-state index contributed by atoms with van der Waals surface area (Å²) in [7, 11) is 0. The number of hydrogen-bond acceptors (Lipinski definition) is 5. The van der Waals surface area contributed by atoms with Crippen LogP contribution >= 0.6 is 0 Å². The van der Waals surface area contributed by atoms with E-state index in [0.29, 0.717) is 44.8 Å². The molecule has 3 rings (SSSR count). The van der Waals surface area contributed by atoms with Crippen LogP contribution in [0, 0.1) is 13.8 Å². The van der Waals surface area contributed by atoms with Crippen molar-refractivity contribution < 1.29 is 14.3 Å². The Morgan fingerprint density at radius 3 is 2.87 bits per heavy atom. The number of aromatic nitrogens is 2. The number of ether oxygens (including phenoxy) is 1. The minimum absolute atomic E-state index is 0.0292. The molecule has 0 aromatic carbocycles. The van der Waals surface area contributed by atoms with Gasteiger partial charge in [0.15, 0.2) is 0 Å². The summed E-state index contributed by atoms with van der Waals surface area (Å²) in [5.74, 6) is 0.0500. The van der Waals surface area contributed by atoms with Crippen LogP contribution in [-0.2, 0) is 16.0 Å². The van der Waals surface area contributed by atoms with E-state index < -0.39 is 0 Å². The first kappa shape index (κ1) is 15.5. The lowest BCUT2D eigenvalue weighted by atomic mass is 10.1. The molecule has 0 unspecified atom stereocenters. The maximum Gasteiger partial charge on any atom is 0.410 e. The van der Waals surface area contributed by atoms with Crippen molar-refractivity contribution in [3.63, 3.8) is 0 Å². The van der Waals surface area contributed by atoms with Crippen LogP contribution in [0.15, 0.2) is 4.79 Å². The van der Waals surface area contributed by atoms with E-state index in [9.17, 15) is 14.4 Å². The van der Waals surface area contributed by atoms with E-state index in [1.807, 2.05) is 6.92 Å². The zero-order valence-electron chi connectivity index (χ0n) is 13.3. The Morgan fingerprint density at radius 2 is 2.13 bits per heavy atom. The minimum atomic E-state index is -0.364. The van der Waals surface area contributed by atoms with Crippen LogP contribution in [-0.4, -0.2) is 64.1 Å². The van der Waals surface area contributed by atoms with Crippen LogP contribution in [0.3, 0.4) is 0 Å². The van der Waals surface area contributed by atoms with E-state index in [2.05, 4.69) is 9.97 Å². The zero-order chi connectivity index (χ0) is 16.6. The molecule has 2 aliphatic heterocycles. The van der Waals surface area contributed by atoms with Crippen molar-refractivity contribution in [2.24, 2.45) is 0 Å². The van der Waals surface area contributed by atoms with Gasteiger partial charge in [-0.05, 0) is 25.8 Å². The van der Waals surface area contributed by atoms with Gasteiger partial charge in [0.1, 0.15) is 6.61 Å². The fraction of sp³-hybridized carbons (Fsp3) is 0.600. The van der Waals surface area contributed by atoms with E-state index in [1.165, 1.54) is 0 Å². The Hall–Kier alpha value is -2.38. The lowest BCUT2D eigenvalue weighted by Crippen LogP contribution is -2.53. The van der Waals surface area contributed by atoms with Crippen LogP contribution in [0.1, 0.15) is 23.4 Å². The maximum atomic E-state index is 12.4. The first-order chi connectivity index (χ1) is 11.0. The molecule has 124 valence electrons. The van der Waals surface area contributed by atoms with Gasteiger partial charge in [0.2, 0.25) is 5.91 Å². The van der Waals surface area contributed by atoms with Crippen molar-refractivity contribution >= 4 is 12.0 Å². The van der Waals surface area contributed by atoms with Gasteiger partial charge >= 0.3 is 11.8 Å². The van der Waals surface area contributed by atoms with Crippen molar-refractivity contribution in [3.8, 4) is 0 Å². The molecule has 1 atom stereocenters. The number of hydrogen-bond donors (Lipinski definition) is 1. The standard InChI is InChI=1S/C15H20N4O4/c1-9-12(10(2)17-14(21)16-9)3-4-13(20)18-5-6-19-11(7-18)8-23-15(19)22/h11H,3-8H2,1-2H3,(H,16,17,21)/t11-/m1/s1. The topological polar surface area (TPSA) is 95.6 Å².